The van der Waals surface area contributed by atoms with Gasteiger partial charge in [0, 0.05) is 13.6 Å². The number of nitrogens with one attached hydrogen (secondary N) is 1. The van der Waals surface area contributed by atoms with Crippen LogP contribution in [0.4, 0.5) is 5.82 Å². The molecule has 0 spiro atoms. The first kappa shape index (κ1) is 13.3. The number of rotatable bonds is 4. The fourth-order valence-electron chi connectivity index (χ4n) is 2.31. The lowest BCUT2D eigenvalue weighted by atomic mass is 10.0. The van der Waals surface area contributed by atoms with E-state index >= 15 is 0 Å². The molecule has 0 unspecified atom stereocenters. The molecule has 6 heteroatoms. The molecule has 2 rings (SSSR count). The van der Waals surface area contributed by atoms with Crippen LogP contribution in [0, 0.1) is 12.8 Å². The van der Waals surface area contributed by atoms with Crippen molar-refractivity contribution in [1.82, 2.24) is 9.78 Å². The van der Waals surface area contributed by atoms with Crippen LogP contribution < -0.4 is 5.32 Å². The molecule has 0 aromatic carbocycles. The van der Waals surface area contributed by atoms with E-state index in [4.69, 9.17) is 0 Å². The van der Waals surface area contributed by atoms with Gasteiger partial charge in [-0.3, -0.25) is 4.68 Å². The third-order valence-electron chi connectivity index (χ3n) is 3.34. The Morgan fingerprint density at radius 3 is 2.83 bits per heavy atom. The lowest BCUT2D eigenvalue weighted by Gasteiger charge is -2.22. The molecule has 18 heavy (non-hydrogen) atoms. The molecular weight excluding hydrogens is 250 g/mol. The summed E-state index contributed by atoms with van der Waals surface area (Å²) in [5, 5.41) is 16.6. The first-order chi connectivity index (χ1) is 8.59. The van der Waals surface area contributed by atoms with Crippen LogP contribution in [0.1, 0.15) is 28.9 Å². The van der Waals surface area contributed by atoms with Gasteiger partial charge in [-0.25, -0.2) is 4.79 Å². The molecule has 1 aliphatic heterocycles. The van der Waals surface area contributed by atoms with Gasteiger partial charge in [0.25, 0.3) is 0 Å². The standard InChI is InChI=1S/C12H19N3O2S/c1-8-10(12(16)17)11(15(2)14-8)13-7-9-3-5-18-6-4-9/h9,13H,3-7H2,1-2H3,(H,16,17). The van der Waals surface area contributed by atoms with E-state index in [-0.39, 0.29) is 0 Å². The minimum atomic E-state index is -0.915. The van der Waals surface area contributed by atoms with Crippen molar-refractivity contribution in [2.45, 2.75) is 19.8 Å². The molecule has 5 nitrogen and oxygen atoms in total. The van der Waals surface area contributed by atoms with Crippen molar-refractivity contribution in [3.05, 3.63) is 11.3 Å². The maximum absolute atomic E-state index is 11.2. The molecule has 1 saturated heterocycles. The minimum absolute atomic E-state index is 0.294. The topological polar surface area (TPSA) is 67.2 Å². The predicted octanol–water partition coefficient (Wildman–Crippen LogP) is 1.98. The van der Waals surface area contributed by atoms with Gasteiger partial charge in [-0.05, 0) is 37.2 Å². The van der Waals surface area contributed by atoms with E-state index in [9.17, 15) is 9.90 Å². The van der Waals surface area contributed by atoms with Gasteiger partial charge in [0.1, 0.15) is 11.4 Å². The van der Waals surface area contributed by atoms with Crippen LogP contribution in [-0.2, 0) is 7.05 Å². The van der Waals surface area contributed by atoms with Gasteiger partial charge >= 0.3 is 5.97 Å². The van der Waals surface area contributed by atoms with Gasteiger partial charge in [-0.15, -0.1) is 0 Å². The van der Waals surface area contributed by atoms with Crippen LogP contribution >= 0.6 is 11.8 Å². The number of carbonyl (C=O) groups is 1. The number of nitrogens with zero attached hydrogens (tertiary/aromatic N) is 2. The fraction of sp³-hybridized carbons (Fsp3) is 0.667. The summed E-state index contributed by atoms with van der Waals surface area (Å²) in [6, 6.07) is 0. The number of hydrogen-bond donors (Lipinski definition) is 2. The van der Waals surface area contributed by atoms with Crippen molar-refractivity contribution < 1.29 is 9.90 Å². The number of carboxylic acids is 1. The van der Waals surface area contributed by atoms with E-state index in [1.165, 1.54) is 24.3 Å². The van der Waals surface area contributed by atoms with Gasteiger partial charge in [0.15, 0.2) is 0 Å². The number of thioether (sulfide) groups is 1. The number of hydrogen-bond acceptors (Lipinski definition) is 4. The Morgan fingerprint density at radius 1 is 1.56 bits per heavy atom. The highest BCUT2D eigenvalue weighted by Gasteiger charge is 2.21. The Bertz CT molecular complexity index is 439. The quantitative estimate of drug-likeness (QED) is 0.875. The van der Waals surface area contributed by atoms with Crippen LogP contribution in [0.3, 0.4) is 0 Å². The van der Waals surface area contributed by atoms with E-state index in [0.29, 0.717) is 23.0 Å². The first-order valence-electron chi connectivity index (χ1n) is 6.18. The third kappa shape index (κ3) is 2.80. The summed E-state index contributed by atoms with van der Waals surface area (Å²) in [6.45, 7) is 2.56. The average molecular weight is 269 g/mol. The molecule has 1 aromatic heterocycles. The summed E-state index contributed by atoms with van der Waals surface area (Å²) in [6.07, 6.45) is 2.41. The number of aromatic nitrogens is 2. The van der Waals surface area contributed by atoms with E-state index in [1.54, 1.807) is 18.7 Å². The van der Waals surface area contributed by atoms with Crippen LogP contribution in [0.2, 0.25) is 0 Å². The van der Waals surface area contributed by atoms with Crippen molar-refractivity contribution in [3.8, 4) is 0 Å². The molecule has 0 saturated carbocycles. The number of aryl methyl sites for hydroxylation is 2. The molecule has 1 fully saturated rings. The van der Waals surface area contributed by atoms with Crippen LogP contribution in [0.15, 0.2) is 0 Å². The number of aromatic carboxylic acids is 1. The Kier molecular flexibility index (Phi) is 4.16. The molecule has 0 bridgehead atoms. The zero-order valence-electron chi connectivity index (χ0n) is 10.8. The van der Waals surface area contributed by atoms with Gasteiger partial charge in [-0.1, -0.05) is 0 Å². The summed E-state index contributed by atoms with van der Waals surface area (Å²) in [5.41, 5.74) is 0.856. The van der Waals surface area contributed by atoms with Gasteiger partial charge < -0.3 is 10.4 Å². The van der Waals surface area contributed by atoms with Crippen molar-refractivity contribution in [1.29, 1.82) is 0 Å². The molecule has 1 aromatic rings. The third-order valence-corrected chi connectivity index (χ3v) is 4.38. The molecule has 0 amide bonds. The van der Waals surface area contributed by atoms with Crippen molar-refractivity contribution in [3.63, 3.8) is 0 Å². The SMILES string of the molecule is Cc1nn(C)c(NCC2CCSCC2)c1C(=O)O. The van der Waals surface area contributed by atoms with Gasteiger partial charge in [0.2, 0.25) is 0 Å². The lowest BCUT2D eigenvalue weighted by molar-refractivity contribution is 0.0697. The molecule has 2 N–H and O–H groups in total. The van der Waals surface area contributed by atoms with Crippen molar-refractivity contribution in [2.24, 2.45) is 13.0 Å². The molecular formula is C12H19N3O2S. The summed E-state index contributed by atoms with van der Waals surface area (Å²) in [5.74, 6) is 2.77. The summed E-state index contributed by atoms with van der Waals surface area (Å²) < 4.78 is 1.62. The maximum atomic E-state index is 11.2. The second kappa shape index (κ2) is 5.65. The molecule has 0 atom stereocenters. The smallest absolute Gasteiger partial charge is 0.341 e. The largest absolute Gasteiger partial charge is 0.477 e. The summed E-state index contributed by atoms with van der Waals surface area (Å²) in [7, 11) is 1.78. The lowest BCUT2D eigenvalue weighted by Crippen LogP contribution is -2.21. The number of anilines is 1. The van der Waals surface area contributed by atoms with E-state index in [2.05, 4.69) is 10.4 Å². The summed E-state index contributed by atoms with van der Waals surface area (Å²) >= 11 is 2.00. The highest BCUT2D eigenvalue weighted by atomic mass is 32.2. The highest BCUT2D eigenvalue weighted by molar-refractivity contribution is 7.99. The first-order valence-corrected chi connectivity index (χ1v) is 7.33. The predicted molar refractivity (Wildman–Crippen MR) is 73.4 cm³/mol. The molecule has 1 aliphatic rings. The van der Waals surface area contributed by atoms with E-state index < -0.39 is 5.97 Å². The second-order valence-electron chi connectivity index (χ2n) is 4.67. The van der Waals surface area contributed by atoms with Gasteiger partial charge in [-0.2, -0.15) is 16.9 Å². The normalized spacial score (nSPS) is 16.8. The Morgan fingerprint density at radius 2 is 2.22 bits per heavy atom. The van der Waals surface area contributed by atoms with E-state index in [1.807, 2.05) is 11.8 Å². The average Bonchev–Trinajstić information content (AvgIpc) is 2.62. The van der Waals surface area contributed by atoms with Crippen LogP contribution in [-0.4, -0.2) is 38.9 Å². The van der Waals surface area contributed by atoms with Gasteiger partial charge in [0.05, 0.1) is 5.69 Å². The van der Waals surface area contributed by atoms with Crippen molar-refractivity contribution >= 4 is 23.5 Å². The highest BCUT2D eigenvalue weighted by Crippen LogP contribution is 2.24. The molecule has 0 aliphatic carbocycles. The van der Waals surface area contributed by atoms with Crippen LogP contribution in [0.5, 0.6) is 0 Å². The van der Waals surface area contributed by atoms with Crippen LogP contribution in [0.25, 0.3) is 0 Å². The van der Waals surface area contributed by atoms with Crippen molar-refractivity contribution in [2.75, 3.05) is 23.4 Å². The monoisotopic (exact) mass is 269 g/mol. The van der Waals surface area contributed by atoms with E-state index in [0.717, 1.165) is 6.54 Å². The maximum Gasteiger partial charge on any atom is 0.341 e. The second-order valence-corrected chi connectivity index (χ2v) is 5.90. The Labute approximate surface area is 111 Å². The zero-order chi connectivity index (χ0) is 13.1. The minimum Gasteiger partial charge on any atom is -0.477 e. The fourth-order valence-corrected chi connectivity index (χ4v) is 3.51. The molecule has 100 valence electrons. The molecule has 2 heterocycles. The molecule has 0 radical (unpaired) electrons. The number of carboxylic acid groups (broad SMARTS) is 1. The summed E-state index contributed by atoms with van der Waals surface area (Å²) in [4.78, 5) is 11.2. The Balaban J connectivity index is 2.06. The Hall–Kier alpha value is -1.17. The zero-order valence-corrected chi connectivity index (χ0v) is 11.6.